The average Bonchev–Trinajstić information content (AvgIpc) is 2.09. The van der Waals surface area contributed by atoms with Gasteiger partial charge in [-0.2, -0.15) is 0 Å². The van der Waals surface area contributed by atoms with E-state index in [0.717, 1.165) is 13.0 Å². The fraction of sp³-hybridized carbons (Fsp3) is 0.833. The van der Waals surface area contributed by atoms with Crippen LogP contribution in [0.15, 0.2) is 11.1 Å². The van der Waals surface area contributed by atoms with Gasteiger partial charge in [0.05, 0.1) is 0 Å². The lowest BCUT2D eigenvalue weighted by Crippen LogP contribution is -2.40. The number of halogens is 1. The molecule has 0 aliphatic rings. The van der Waals surface area contributed by atoms with Crippen LogP contribution in [0.4, 0.5) is 0 Å². The molecular weight excluding hydrogens is 268 g/mol. The van der Waals surface area contributed by atoms with Crippen LogP contribution in [0.3, 0.4) is 0 Å². The van der Waals surface area contributed by atoms with Gasteiger partial charge < -0.3 is 4.43 Å². The van der Waals surface area contributed by atoms with Gasteiger partial charge in [0.2, 0.25) is 0 Å². The van der Waals surface area contributed by atoms with Crippen LogP contribution >= 0.6 is 15.9 Å². The fourth-order valence-corrected chi connectivity index (χ4v) is 2.32. The van der Waals surface area contributed by atoms with Crippen molar-refractivity contribution < 1.29 is 4.43 Å². The molecule has 0 aromatic carbocycles. The smallest absolute Gasteiger partial charge is 0.191 e. The molecule has 0 saturated heterocycles. The maximum absolute atomic E-state index is 6.08. The Balaban J connectivity index is 3.67. The average molecular weight is 293 g/mol. The molecule has 0 amide bonds. The van der Waals surface area contributed by atoms with E-state index in [2.05, 4.69) is 55.9 Å². The molecule has 0 aliphatic heterocycles. The molecule has 0 fully saturated rings. The Morgan fingerprint density at radius 3 is 2.27 bits per heavy atom. The third kappa shape index (κ3) is 6.54. The van der Waals surface area contributed by atoms with E-state index in [9.17, 15) is 0 Å². The van der Waals surface area contributed by atoms with Gasteiger partial charge in [-0.25, -0.2) is 0 Å². The molecule has 0 spiro atoms. The second kappa shape index (κ2) is 6.87. The highest BCUT2D eigenvalue weighted by Crippen LogP contribution is 2.36. The van der Waals surface area contributed by atoms with Gasteiger partial charge >= 0.3 is 0 Å². The van der Waals surface area contributed by atoms with E-state index >= 15 is 0 Å². The summed E-state index contributed by atoms with van der Waals surface area (Å²) in [5.74, 6) is 0. The zero-order valence-corrected chi connectivity index (χ0v) is 13.4. The molecule has 0 atom stereocenters. The highest BCUT2D eigenvalue weighted by molar-refractivity contribution is 9.11. The Labute approximate surface area is 105 Å². The predicted molar refractivity (Wildman–Crippen MR) is 75.1 cm³/mol. The molecule has 0 aliphatic carbocycles. The Bertz CT molecular complexity index is 194. The molecule has 15 heavy (non-hydrogen) atoms. The molecule has 0 N–H and O–H groups in total. The van der Waals surface area contributed by atoms with Gasteiger partial charge in [0.15, 0.2) is 8.32 Å². The molecule has 90 valence electrons. The first-order valence-electron chi connectivity index (χ1n) is 5.70. The van der Waals surface area contributed by atoms with E-state index in [0.29, 0.717) is 5.04 Å². The molecule has 0 radical (unpaired) electrons. The topological polar surface area (TPSA) is 9.23 Å². The van der Waals surface area contributed by atoms with E-state index in [1.165, 1.54) is 12.8 Å². The van der Waals surface area contributed by atoms with Crippen LogP contribution in [0.1, 0.15) is 40.0 Å². The summed E-state index contributed by atoms with van der Waals surface area (Å²) in [6.45, 7) is 12.4. The van der Waals surface area contributed by atoms with Crippen LogP contribution in [0.5, 0.6) is 0 Å². The molecule has 0 bridgehead atoms. The Kier molecular flexibility index (Phi) is 7.05. The molecule has 1 nitrogen and oxygen atoms in total. The third-order valence-electron chi connectivity index (χ3n) is 3.12. The van der Waals surface area contributed by atoms with Crippen molar-refractivity contribution in [3.8, 4) is 0 Å². The predicted octanol–water partition coefficient (Wildman–Crippen LogP) is 5.09. The maximum Gasteiger partial charge on any atom is 0.191 e. The minimum Gasteiger partial charge on any atom is -0.417 e. The summed E-state index contributed by atoms with van der Waals surface area (Å²) in [7, 11) is -1.50. The monoisotopic (exact) mass is 292 g/mol. The van der Waals surface area contributed by atoms with Gasteiger partial charge in [0, 0.05) is 6.61 Å². The van der Waals surface area contributed by atoms with E-state index in [1.54, 1.807) is 0 Å². The van der Waals surface area contributed by atoms with Crippen molar-refractivity contribution in [1.82, 2.24) is 0 Å². The molecular formula is C12H25BrOSi. The quantitative estimate of drug-likeness (QED) is 0.490. The van der Waals surface area contributed by atoms with Crippen molar-refractivity contribution in [2.75, 3.05) is 6.61 Å². The van der Waals surface area contributed by atoms with E-state index in [-0.39, 0.29) is 0 Å². The lowest BCUT2D eigenvalue weighted by Gasteiger charge is -2.36. The van der Waals surface area contributed by atoms with Crippen molar-refractivity contribution in [3.63, 3.8) is 0 Å². The molecule has 0 heterocycles. The first-order chi connectivity index (χ1) is 6.81. The van der Waals surface area contributed by atoms with Crippen molar-refractivity contribution in [2.24, 2.45) is 0 Å². The van der Waals surface area contributed by atoms with Gasteiger partial charge in [0.25, 0.3) is 0 Å². The molecule has 0 unspecified atom stereocenters. The Morgan fingerprint density at radius 1 is 1.20 bits per heavy atom. The van der Waals surface area contributed by atoms with Crippen LogP contribution in [-0.2, 0) is 4.43 Å². The first kappa shape index (κ1) is 15.4. The number of hydrogen-bond donors (Lipinski definition) is 0. The van der Waals surface area contributed by atoms with Crippen LogP contribution < -0.4 is 0 Å². The second-order valence-electron chi connectivity index (χ2n) is 5.47. The van der Waals surface area contributed by atoms with Crippen molar-refractivity contribution in [1.29, 1.82) is 0 Å². The molecule has 3 heteroatoms. The van der Waals surface area contributed by atoms with Crippen molar-refractivity contribution in [2.45, 2.75) is 58.2 Å². The fourth-order valence-electron chi connectivity index (χ4n) is 0.971. The third-order valence-corrected chi connectivity index (χ3v) is 8.04. The van der Waals surface area contributed by atoms with Gasteiger partial charge in [-0.05, 0) is 42.4 Å². The normalized spacial score (nSPS) is 13.7. The van der Waals surface area contributed by atoms with E-state index < -0.39 is 8.32 Å². The van der Waals surface area contributed by atoms with Crippen LogP contribution in [0.2, 0.25) is 18.1 Å². The highest BCUT2D eigenvalue weighted by Gasteiger charge is 2.36. The zero-order valence-electron chi connectivity index (χ0n) is 10.8. The molecule has 0 aromatic rings. The van der Waals surface area contributed by atoms with Crippen LogP contribution in [0.25, 0.3) is 0 Å². The molecule has 0 saturated carbocycles. The highest BCUT2D eigenvalue weighted by atomic mass is 79.9. The summed E-state index contributed by atoms with van der Waals surface area (Å²) in [6, 6.07) is 0. The summed E-state index contributed by atoms with van der Waals surface area (Å²) >= 11 is 3.27. The number of unbranched alkanes of at least 4 members (excludes halogenated alkanes) is 2. The summed E-state index contributed by atoms with van der Waals surface area (Å²) in [4.78, 5) is 1.93. The summed E-state index contributed by atoms with van der Waals surface area (Å²) in [6.07, 6.45) is 5.68. The summed E-state index contributed by atoms with van der Waals surface area (Å²) < 4.78 is 6.08. The van der Waals surface area contributed by atoms with Gasteiger partial charge in [-0.15, -0.1) is 0 Å². The van der Waals surface area contributed by atoms with Gasteiger partial charge in [-0.3, -0.25) is 0 Å². The van der Waals surface area contributed by atoms with Crippen LogP contribution in [0, 0.1) is 0 Å². The molecule has 0 aromatic heterocycles. The largest absolute Gasteiger partial charge is 0.417 e. The lowest BCUT2D eigenvalue weighted by atomic mass is 10.2. The Morgan fingerprint density at radius 2 is 1.80 bits per heavy atom. The lowest BCUT2D eigenvalue weighted by molar-refractivity contribution is 0.279. The van der Waals surface area contributed by atoms with E-state index in [4.69, 9.17) is 4.43 Å². The summed E-state index contributed by atoms with van der Waals surface area (Å²) in [5.41, 5.74) is 0. The SMILES string of the molecule is CC(C)(C)[Si](C)(C)OCCCC/C=C\Br. The standard InChI is InChI=1S/C12H25BrOSi/c1-12(2,3)15(4,5)14-11-9-7-6-8-10-13/h8,10H,6-7,9,11H2,1-5H3/b10-8-. The van der Waals surface area contributed by atoms with Gasteiger partial charge in [-0.1, -0.05) is 42.8 Å². The van der Waals surface area contributed by atoms with E-state index in [1.807, 2.05) is 4.99 Å². The second-order valence-corrected chi connectivity index (χ2v) is 10.8. The van der Waals surface area contributed by atoms with Crippen molar-refractivity contribution >= 4 is 24.2 Å². The van der Waals surface area contributed by atoms with Crippen molar-refractivity contribution in [3.05, 3.63) is 11.1 Å². The number of allylic oxidation sites excluding steroid dienone is 1. The van der Waals surface area contributed by atoms with Crippen LogP contribution in [-0.4, -0.2) is 14.9 Å². The van der Waals surface area contributed by atoms with Gasteiger partial charge in [0.1, 0.15) is 0 Å². The summed E-state index contributed by atoms with van der Waals surface area (Å²) in [5, 5.41) is 0.336. The minimum absolute atomic E-state index is 0.336. The number of hydrogen-bond acceptors (Lipinski definition) is 1. The first-order valence-corrected chi connectivity index (χ1v) is 9.53. The Hall–Kier alpha value is 0.397. The zero-order chi connectivity index (χ0) is 11.9. The minimum atomic E-state index is -1.50. The maximum atomic E-state index is 6.08. The number of rotatable bonds is 6. The molecule has 0 rings (SSSR count).